The molecule has 1 aliphatic carbocycles. The Hall–Kier alpha value is -2.91. The van der Waals surface area contributed by atoms with Crippen LogP contribution in [0.15, 0.2) is 42.5 Å². The minimum absolute atomic E-state index is 0.386. The first kappa shape index (κ1) is 22.3. The van der Waals surface area contributed by atoms with Crippen LogP contribution in [-0.2, 0) is 32.4 Å². The van der Waals surface area contributed by atoms with Crippen LogP contribution in [0, 0.1) is 0 Å². The van der Waals surface area contributed by atoms with E-state index in [1.807, 2.05) is 30.3 Å². The summed E-state index contributed by atoms with van der Waals surface area (Å²) in [5.74, 6) is -1.01. The Balaban J connectivity index is 1.66. The lowest BCUT2D eigenvalue weighted by molar-refractivity contribution is -0.114. The monoisotopic (exact) mass is 472 g/mol. The van der Waals surface area contributed by atoms with Crippen molar-refractivity contribution in [2.45, 2.75) is 25.7 Å². The number of hydrogen-bond donors (Lipinski definition) is 1. The highest BCUT2D eigenvalue weighted by molar-refractivity contribution is 7.92. The van der Waals surface area contributed by atoms with Crippen molar-refractivity contribution < 1.29 is 22.7 Å². The fraction of sp³-hybridized carbons (Fsp3) is 0.304. The Bertz CT molecular complexity index is 1290. The van der Waals surface area contributed by atoms with Gasteiger partial charge in [0, 0.05) is 10.3 Å². The van der Waals surface area contributed by atoms with Crippen LogP contribution in [0.25, 0.3) is 10.8 Å². The van der Waals surface area contributed by atoms with Crippen molar-refractivity contribution in [1.82, 2.24) is 0 Å². The van der Waals surface area contributed by atoms with Gasteiger partial charge in [-0.3, -0.25) is 9.10 Å². The number of thiophene rings is 1. The molecule has 2 aromatic carbocycles. The van der Waals surface area contributed by atoms with E-state index in [0.29, 0.717) is 16.3 Å². The summed E-state index contributed by atoms with van der Waals surface area (Å²) in [6.07, 6.45) is 4.70. The molecule has 0 spiro atoms. The Morgan fingerprint density at radius 2 is 1.81 bits per heavy atom. The molecule has 4 rings (SSSR count). The smallest absolute Gasteiger partial charge is 0.341 e. The molecule has 1 amide bonds. The first-order chi connectivity index (χ1) is 15.3. The number of nitrogens with one attached hydrogen (secondary N) is 1. The third kappa shape index (κ3) is 4.35. The van der Waals surface area contributed by atoms with Gasteiger partial charge >= 0.3 is 5.97 Å². The van der Waals surface area contributed by atoms with Gasteiger partial charge in [0.05, 0.1) is 24.6 Å². The summed E-state index contributed by atoms with van der Waals surface area (Å²) in [5.41, 5.74) is 1.74. The SMILES string of the molecule is COC(=O)c1c(NC(=O)CN(c2cccc3ccccc23)S(C)(=O)=O)sc2c1CCCC2. The number of ether oxygens (including phenoxy) is 1. The van der Waals surface area contributed by atoms with Crippen molar-refractivity contribution in [2.75, 3.05) is 29.5 Å². The highest BCUT2D eigenvalue weighted by atomic mass is 32.2. The van der Waals surface area contributed by atoms with Crippen LogP contribution in [0.2, 0.25) is 0 Å². The summed E-state index contributed by atoms with van der Waals surface area (Å²) in [5, 5.41) is 4.80. The number of amides is 1. The first-order valence-corrected chi connectivity index (χ1v) is 12.9. The van der Waals surface area contributed by atoms with Crippen molar-refractivity contribution in [3.05, 3.63) is 58.5 Å². The molecule has 0 unspecified atom stereocenters. The van der Waals surface area contributed by atoms with Crippen LogP contribution in [-0.4, -0.2) is 40.2 Å². The highest BCUT2D eigenvalue weighted by Crippen LogP contribution is 2.38. The van der Waals surface area contributed by atoms with Crippen LogP contribution in [0.5, 0.6) is 0 Å². The molecule has 0 radical (unpaired) electrons. The van der Waals surface area contributed by atoms with E-state index in [4.69, 9.17) is 4.74 Å². The number of esters is 1. The lowest BCUT2D eigenvalue weighted by Gasteiger charge is -2.23. The number of anilines is 2. The summed E-state index contributed by atoms with van der Waals surface area (Å²) in [7, 11) is -2.43. The zero-order valence-electron chi connectivity index (χ0n) is 17.9. The number of fused-ring (bicyclic) bond motifs is 2. The number of hydrogen-bond acceptors (Lipinski definition) is 6. The lowest BCUT2D eigenvalue weighted by Crippen LogP contribution is -2.37. The van der Waals surface area contributed by atoms with Gasteiger partial charge in [-0.15, -0.1) is 11.3 Å². The summed E-state index contributed by atoms with van der Waals surface area (Å²) < 4.78 is 31.3. The molecule has 0 bridgehead atoms. The minimum atomic E-state index is -3.75. The molecule has 1 heterocycles. The van der Waals surface area contributed by atoms with Gasteiger partial charge in [0.2, 0.25) is 15.9 Å². The average molecular weight is 473 g/mol. The molecule has 0 aliphatic heterocycles. The molecule has 168 valence electrons. The Kier molecular flexibility index (Phi) is 6.21. The van der Waals surface area contributed by atoms with Gasteiger partial charge in [0.15, 0.2) is 0 Å². The zero-order valence-corrected chi connectivity index (χ0v) is 19.5. The van der Waals surface area contributed by atoms with E-state index < -0.39 is 28.4 Å². The van der Waals surface area contributed by atoms with Crippen molar-refractivity contribution in [3.8, 4) is 0 Å². The molecule has 32 heavy (non-hydrogen) atoms. The number of carbonyl (C=O) groups is 2. The fourth-order valence-electron chi connectivity index (χ4n) is 4.08. The van der Waals surface area contributed by atoms with Crippen LogP contribution in [0.1, 0.15) is 33.6 Å². The molecule has 1 aromatic heterocycles. The second-order valence-corrected chi connectivity index (χ2v) is 10.7. The summed E-state index contributed by atoms with van der Waals surface area (Å²) in [4.78, 5) is 26.5. The van der Waals surface area contributed by atoms with E-state index in [1.54, 1.807) is 12.1 Å². The third-order valence-corrected chi connectivity index (χ3v) is 7.87. The molecular formula is C23H24N2O5S2. The zero-order chi connectivity index (χ0) is 22.9. The second kappa shape index (κ2) is 8.91. The van der Waals surface area contributed by atoms with Gasteiger partial charge in [0.25, 0.3) is 0 Å². The molecule has 3 aromatic rings. The van der Waals surface area contributed by atoms with Crippen LogP contribution < -0.4 is 9.62 Å². The lowest BCUT2D eigenvalue weighted by atomic mass is 9.95. The summed E-state index contributed by atoms with van der Waals surface area (Å²) >= 11 is 1.37. The van der Waals surface area contributed by atoms with Crippen molar-refractivity contribution in [2.24, 2.45) is 0 Å². The fourth-order valence-corrected chi connectivity index (χ4v) is 6.24. The van der Waals surface area contributed by atoms with E-state index in [0.717, 1.165) is 57.5 Å². The molecule has 0 saturated heterocycles. The van der Waals surface area contributed by atoms with E-state index in [9.17, 15) is 18.0 Å². The number of methoxy groups -OCH3 is 1. The summed E-state index contributed by atoms with van der Waals surface area (Å²) in [6, 6.07) is 12.7. The molecule has 9 heteroatoms. The third-order valence-electron chi connectivity index (χ3n) is 5.54. The van der Waals surface area contributed by atoms with Gasteiger partial charge in [-0.2, -0.15) is 0 Å². The normalized spacial score (nSPS) is 13.4. The number of sulfonamides is 1. The van der Waals surface area contributed by atoms with Crippen LogP contribution >= 0.6 is 11.3 Å². The molecule has 0 fully saturated rings. The number of benzene rings is 2. The van der Waals surface area contributed by atoms with Gasteiger partial charge in [0.1, 0.15) is 11.5 Å². The quantitative estimate of drug-likeness (QED) is 0.548. The van der Waals surface area contributed by atoms with E-state index in [1.165, 1.54) is 18.4 Å². The standard InChI is InChI=1S/C23H24N2O5S2/c1-30-23(27)21-17-11-5-6-13-19(17)31-22(21)24-20(26)14-25(32(2,28)29)18-12-7-9-15-8-3-4-10-16(15)18/h3-4,7-10,12H,5-6,11,13-14H2,1-2H3,(H,24,26). The summed E-state index contributed by atoms with van der Waals surface area (Å²) in [6.45, 7) is -0.407. The number of aryl methyl sites for hydroxylation is 1. The van der Waals surface area contributed by atoms with E-state index in [2.05, 4.69) is 5.32 Å². The Morgan fingerprint density at radius 3 is 2.56 bits per heavy atom. The molecule has 0 atom stereocenters. The van der Waals surface area contributed by atoms with Crippen LogP contribution in [0.3, 0.4) is 0 Å². The predicted molar refractivity (Wildman–Crippen MR) is 127 cm³/mol. The van der Waals surface area contributed by atoms with E-state index in [-0.39, 0.29) is 0 Å². The van der Waals surface area contributed by atoms with Gasteiger partial charge in [-0.25, -0.2) is 13.2 Å². The second-order valence-electron chi connectivity index (χ2n) is 7.72. The number of carbonyl (C=O) groups excluding carboxylic acids is 2. The van der Waals surface area contributed by atoms with Crippen molar-refractivity contribution in [1.29, 1.82) is 0 Å². The van der Waals surface area contributed by atoms with E-state index >= 15 is 0 Å². The molecule has 1 aliphatic rings. The van der Waals surface area contributed by atoms with Gasteiger partial charge in [-0.05, 0) is 42.7 Å². The maximum Gasteiger partial charge on any atom is 0.341 e. The average Bonchev–Trinajstić information content (AvgIpc) is 3.13. The predicted octanol–water partition coefficient (Wildman–Crippen LogP) is 3.97. The molecular weight excluding hydrogens is 448 g/mol. The van der Waals surface area contributed by atoms with Crippen molar-refractivity contribution >= 4 is 54.7 Å². The van der Waals surface area contributed by atoms with Gasteiger partial charge in [-0.1, -0.05) is 36.4 Å². The van der Waals surface area contributed by atoms with Crippen molar-refractivity contribution in [3.63, 3.8) is 0 Å². The molecule has 0 saturated carbocycles. The Morgan fingerprint density at radius 1 is 1.09 bits per heavy atom. The molecule has 7 nitrogen and oxygen atoms in total. The van der Waals surface area contributed by atoms with Gasteiger partial charge < -0.3 is 10.1 Å². The maximum absolute atomic E-state index is 13.0. The Labute approximate surface area is 191 Å². The van der Waals surface area contributed by atoms with Crippen LogP contribution in [0.4, 0.5) is 10.7 Å². The topological polar surface area (TPSA) is 92.8 Å². The molecule has 1 N–H and O–H groups in total. The number of rotatable bonds is 6. The largest absolute Gasteiger partial charge is 0.465 e. The minimum Gasteiger partial charge on any atom is -0.465 e. The number of nitrogens with zero attached hydrogens (tertiary/aromatic N) is 1. The highest BCUT2D eigenvalue weighted by Gasteiger charge is 2.28. The first-order valence-electron chi connectivity index (χ1n) is 10.3. The maximum atomic E-state index is 13.0.